The molecule has 2 N–H and O–H groups in total. The van der Waals surface area contributed by atoms with Gasteiger partial charge in [-0.25, -0.2) is 12.8 Å². The molecular formula is C21H22ClFN4O3S. The van der Waals surface area contributed by atoms with Crippen molar-refractivity contribution in [1.29, 1.82) is 0 Å². The number of pyridine rings is 2. The molecule has 0 radical (unpaired) electrons. The standard InChI is InChI=1S/C21H22ClFN4O3S/c1-15-3-8-20(26-31(29,30)14-16-4-6-17(22)7-5-16)21(28)27(15)12-2-10-25-19-9-11-24-13-18(19)23/h3-9,11,13,26H,2,10,12,14H2,1H3,(H,24,25). The van der Waals surface area contributed by atoms with Crippen LogP contribution in [0.3, 0.4) is 0 Å². The highest BCUT2D eigenvalue weighted by Gasteiger charge is 2.15. The number of aromatic nitrogens is 2. The van der Waals surface area contributed by atoms with Crippen LogP contribution in [0.1, 0.15) is 17.7 Å². The molecule has 3 rings (SSSR count). The van der Waals surface area contributed by atoms with Crippen LogP contribution >= 0.6 is 11.6 Å². The zero-order valence-corrected chi connectivity index (χ0v) is 18.4. The SMILES string of the molecule is Cc1ccc(NS(=O)(=O)Cc2ccc(Cl)cc2)c(=O)n1CCCNc1ccncc1F. The van der Waals surface area contributed by atoms with Gasteiger partial charge in [-0.2, -0.15) is 0 Å². The number of benzene rings is 1. The van der Waals surface area contributed by atoms with Gasteiger partial charge >= 0.3 is 0 Å². The summed E-state index contributed by atoms with van der Waals surface area (Å²) in [6, 6.07) is 11.1. The number of hydrogen-bond donors (Lipinski definition) is 2. The predicted molar refractivity (Wildman–Crippen MR) is 120 cm³/mol. The molecule has 10 heteroatoms. The van der Waals surface area contributed by atoms with Gasteiger partial charge in [0.15, 0.2) is 5.82 Å². The Kier molecular flexibility index (Phi) is 7.29. The Balaban J connectivity index is 1.66. The van der Waals surface area contributed by atoms with E-state index in [4.69, 9.17) is 11.6 Å². The van der Waals surface area contributed by atoms with E-state index in [1.165, 1.54) is 22.9 Å². The van der Waals surface area contributed by atoms with Crippen LogP contribution in [0.25, 0.3) is 0 Å². The normalized spacial score (nSPS) is 11.3. The van der Waals surface area contributed by atoms with E-state index in [0.29, 0.717) is 41.5 Å². The molecule has 1 aromatic carbocycles. The Labute approximate surface area is 185 Å². The molecule has 0 unspecified atom stereocenters. The minimum absolute atomic E-state index is 0.0206. The predicted octanol–water partition coefficient (Wildman–Crippen LogP) is 3.79. The van der Waals surface area contributed by atoms with Gasteiger partial charge in [-0.3, -0.25) is 14.5 Å². The monoisotopic (exact) mass is 464 g/mol. The molecule has 0 aliphatic rings. The molecule has 0 amide bonds. The smallest absolute Gasteiger partial charge is 0.275 e. The molecule has 164 valence electrons. The molecule has 0 aliphatic heterocycles. The van der Waals surface area contributed by atoms with Gasteiger partial charge in [0.1, 0.15) is 5.69 Å². The summed E-state index contributed by atoms with van der Waals surface area (Å²) in [5, 5.41) is 3.47. The van der Waals surface area contributed by atoms with Gasteiger partial charge in [0.05, 0.1) is 17.6 Å². The molecule has 3 aromatic rings. The Morgan fingerprint density at radius 1 is 1.10 bits per heavy atom. The van der Waals surface area contributed by atoms with E-state index in [9.17, 15) is 17.6 Å². The van der Waals surface area contributed by atoms with Crippen molar-refractivity contribution >= 4 is 33.0 Å². The summed E-state index contributed by atoms with van der Waals surface area (Å²) in [6.45, 7) is 2.54. The van der Waals surface area contributed by atoms with Crippen LogP contribution in [0.4, 0.5) is 15.8 Å². The highest BCUT2D eigenvalue weighted by molar-refractivity contribution is 7.91. The number of anilines is 2. The number of rotatable bonds is 9. The number of sulfonamides is 1. The first-order chi connectivity index (χ1) is 14.7. The third-order valence-electron chi connectivity index (χ3n) is 4.57. The van der Waals surface area contributed by atoms with Crippen LogP contribution in [0.5, 0.6) is 0 Å². The Morgan fingerprint density at radius 2 is 1.84 bits per heavy atom. The van der Waals surface area contributed by atoms with Gasteiger partial charge in [0.25, 0.3) is 5.56 Å². The summed E-state index contributed by atoms with van der Waals surface area (Å²) in [5.74, 6) is -0.730. The second-order valence-corrected chi connectivity index (χ2v) is 9.13. The second-order valence-electron chi connectivity index (χ2n) is 6.97. The minimum Gasteiger partial charge on any atom is -0.383 e. The molecular weight excluding hydrogens is 443 g/mol. The maximum Gasteiger partial charge on any atom is 0.275 e. The largest absolute Gasteiger partial charge is 0.383 e. The van der Waals surface area contributed by atoms with Crippen molar-refractivity contribution in [2.45, 2.75) is 25.6 Å². The van der Waals surface area contributed by atoms with E-state index in [0.717, 1.165) is 6.20 Å². The first-order valence-corrected chi connectivity index (χ1v) is 11.6. The third-order valence-corrected chi connectivity index (χ3v) is 6.07. The van der Waals surface area contributed by atoms with Gasteiger partial charge in [-0.1, -0.05) is 23.7 Å². The molecule has 2 heterocycles. The van der Waals surface area contributed by atoms with E-state index in [-0.39, 0.29) is 11.4 Å². The summed E-state index contributed by atoms with van der Waals surface area (Å²) >= 11 is 5.83. The first kappa shape index (κ1) is 22.8. The Morgan fingerprint density at radius 3 is 2.55 bits per heavy atom. The highest BCUT2D eigenvalue weighted by atomic mass is 35.5. The van der Waals surface area contributed by atoms with Gasteiger partial charge in [0, 0.05) is 30.0 Å². The Bertz CT molecular complexity index is 1210. The van der Waals surface area contributed by atoms with Crippen molar-refractivity contribution in [3.05, 3.63) is 87.3 Å². The average molecular weight is 465 g/mol. The van der Waals surface area contributed by atoms with Crippen molar-refractivity contribution in [3.63, 3.8) is 0 Å². The summed E-state index contributed by atoms with van der Waals surface area (Å²) in [7, 11) is -3.78. The average Bonchev–Trinajstić information content (AvgIpc) is 2.72. The molecule has 0 spiro atoms. The lowest BCUT2D eigenvalue weighted by Crippen LogP contribution is -2.28. The van der Waals surface area contributed by atoms with E-state index in [1.54, 1.807) is 37.3 Å². The number of aryl methyl sites for hydroxylation is 1. The lowest BCUT2D eigenvalue weighted by atomic mass is 10.2. The number of nitrogens with one attached hydrogen (secondary N) is 2. The minimum atomic E-state index is -3.78. The number of nitrogens with zero attached hydrogens (tertiary/aromatic N) is 2. The number of hydrogen-bond acceptors (Lipinski definition) is 5. The summed E-state index contributed by atoms with van der Waals surface area (Å²) in [5.41, 5.74) is 1.13. The summed E-state index contributed by atoms with van der Waals surface area (Å²) in [4.78, 5) is 16.5. The van der Waals surface area contributed by atoms with Crippen molar-refractivity contribution < 1.29 is 12.8 Å². The van der Waals surface area contributed by atoms with E-state index >= 15 is 0 Å². The van der Waals surface area contributed by atoms with Crippen LogP contribution in [0, 0.1) is 12.7 Å². The molecule has 0 saturated carbocycles. The molecule has 0 atom stereocenters. The number of halogens is 2. The van der Waals surface area contributed by atoms with E-state index in [2.05, 4.69) is 15.0 Å². The van der Waals surface area contributed by atoms with E-state index < -0.39 is 21.4 Å². The van der Waals surface area contributed by atoms with E-state index in [1.807, 2.05) is 0 Å². The fourth-order valence-corrected chi connectivity index (χ4v) is 4.33. The van der Waals surface area contributed by atoms with Gasteiger partial charge < -0.3 is 9.88 Å². The molecule has 0 bridgehead atoms. The highest BCUT2D eigenvalue weighted by Crippen LogP contribution is 2.14. The van der Waals surface area contributed by atoms with Crippen molar-refractivity contribution in [1.82, 2.24) is 9.55 Å². The fourth-order valence-electron chi connectivity index (χ4n) is 3.01. The molecule has 0 fully saturated rings. The summed E-state index contributed by atoms with van der Waals surface area (Å²) < 4.78 is 42.5. The third kappa shape index (κ3) is 6.28. The zero-order chi connectivity index (χ0) is 22.4. The maximum absolute atomic E-state index is 13.6. The lowest BCUT2D eigenvalue weighted by Gasteiger charge is -2.14. The molecule has 2 aromatic heterocycles. The topological polar surface area (TPSA) is 93.1 Å². The zero-order valence-electron chi connectivity index (χ0n) is 16.8. The van der Waals surface area contributed by atoms with Crippen molar-refractivity contribution in [3.8, 4) is 0 Å². The van der Waals surface area contributed by atoms with Crippen LogP contribution in [-0.2, 0) is 22.3 Å². The van der Waals surface area contributed by atoms with Crippen molar-refractivity contribution in [2.75, 3.05) is 16.6 Å². The van der Waals surface area contributed by atoms with Crippen molar-refractivity contribution in [2.24, 2.45) is 0 Å². The molecule has 31 heavy (non-hydrogen) atoms. The lowest BCUT2D eigenvalue weighted by molar-refractivity contribution is 0.599. The summed E-state index contributed by atoms with van der Waals surface area (Å²) in [6.07, 6.45) is 3.14. The second kappa shape index (κ2) is 9.93. The van der Waals surface area contributed by atoms with Gasteiger partial charge in [-0.05, 0) is 49.2 Å². The fraction of sp³-hybridized carbons (Fsp3) is 0.238. The maximum atomic E-state index is 13.6. The Hall–Kier alpha value is -2.91. The first-order valence-electron chi connectivity index (χ1n) is 9.54. The molecule has 0 saturated heterocycles. The van der Waals surface area contributed by atoms with Crippen LogP contribution in [0.15, 0.2) is 59.7 Å². The van der Waals surface area contributed by atoms with Gasteiger partial charge in [0.2, 0.25) is 10.0 Å². The van der Waals surface area contributed by atoms with Gasteiger partial charge in [-0.15, -0.1) is 0 Å². The van der Waals surface area contributed by atoms with Crippen LogP contribution in [-0.4, -0.2) is 24.5 Å². The van der Waals surface area contributed by atoms with Crippen LogP contribution < -0.4 is 15.6 Å². The van der Waals surface area contributed by atoms with Crippen LogP contribution in [0.2, 0.25) is 5.02 Å². The molecule has 7 nitrogen and oxygen atoms in total. The molecule has 0 aliphatic carbocycles. The quantitative estimate of drug-likeness (QED) is 0.470.